The number of halogens is 2. The lowest BCUT2D eigenvalue weighted by Gasteiger charge is -2.15. The van der Waals surface area contributed by atoms with Crippen LogP contribution in [0.4, 0.5) is 5.13 Å². The Morgan fingerprint density at radius 3 is 2.58 bits per heavy atom. The predicted molar refractivity (Wildman–Crippen MR) is 121 cm³/mol. The van der Waals surface area contributed by atoms with E-state index in [4.69, 9.17) is 11.6 Å². The number of rotatable bonds is 7. The second-order valence-electron chi connectivity index (χ2n) is 5.66. The van der Waals surface area contributed by atoms with Gasteiger partial charge in [0.1, 0.15) is 0 Å². The molecule has 9 heteroatoms. The molecule has 1 unspecified atom stereocenters. The summed E-state index contributed by atoms with van der Waals surface area (Å²) in [6, 6.07) is 7.17. The van der Waals surface area contributed by atoms with E-state index in [0.29, 0.717) is 24.1 Å². The molecule has 0 bridgehead atoms. The molecule has 26 heavy (non-hydrogen) atoms. The number of aliphatic imine (C=N–C) groups is 1. The van der Waals surface area contributed by atoms with Crippen molar-refractivity contribution in [3.8, 4) is 0 Å². The largest absolute Gasteiger partial charge is 0.387 e. The molecule has 0 amide bonds. The van der Waals surface area contributed by atoms with Gasteiger partial charge in [0.2, 0.25) is 0 Å². The molecular formula is C17H25ClIN5OS. The fourth-order valence-corrected chi connectivity index (χ4v) is 2.95. The maximum absolute atomic E-state index is 10.3. The average Bonchev–Trinajstić information content (AvgIpc) is 3.07. The van der Waals surface area contributed by atoms with Gasteiger partial charge >= 0.3 is 0 Å². The number of hydrogen-bond acceptors (Lipinski definition) is 5. The lowest BCUT2D eigenvalue weighted by molar-refractivity contribution is 0.181. The quantitative estimate of drug-likeness (QED) is 0.304. The van der Waals surface area contributed by atoms with Crippen molar-refractivity contribution >= 4 is 58.0 Å². The molecule has 0 aliphatic rings. The van der Waals surface area contributed by atoms with Crippen LogP contribution < -0.4 is 15.5 Å². The van der Waals surface area contributed by atoms with Crippen molar-refractivity contribution in [3.63, 3.8) is 0 Å². The van der Waals surface area contributed by atoms with Crippen molar-refractivity contribution in [2.24, 2.45) is 4.99 Å². The van der Waals surface area contributed by atoms with Gasteiger partial charge in [-0.2, -0.15) is 0 Å². The van der Waals surface area contributed by atoms with Crippen LogP contribution >= 0.6 is 46.9 Å². The summed E-state index contributed by atoms with van der Waals surface area (Å²) in [7, 11) is 3.94. The summed E-state index contributed by atoms with van der Waals surface area (Å²) in [4.78, 5) is 11.0. The third-order valence-corrected chi connectivity index (χ3v) is 4.69. The Morgan fingerprint density at radius 1 is 1.31 bits per heavy atom. The molecule has 1 atom stereocenters. The van der Waals surface area contributed by atoms with Crippen LogP contribution in [0, 0.1) is 0 Å². The zero-order valence-electron chi connectivity index (χ0n) is 15.1. The number of aliphatic hydroxyl groups excluding tert-OH is 1. The van der Waals surface area contributed by atoms with Crippen LogP contribution in [0.15, 0.2) is 34.6 Å². The van der Waals surface area contributed by atoms with E-state index in [2.05, 4.69) is 20.6 Å². The molecule has 0 aliphatic carbocycles. The highest BCUT2D eigenvalue weighted by molar-refractivity contribution is 14.0. The molecular weight excluding hydrogens is 485 g/mol. The van der Waals surface area contributed by atoms with Crippen molar-refractivity contribution in [2.45, 2.75) is 19.6 Å². The molecule has 6 nitrogen and oxygen atoms in total. The molecule has 1 heterocycles. The average molecular weight is 510 g/mol. The summed E-state index contributed by atoms with van der Waals surface area (Å²) >= 11 is 7.46. The Kier molecular flexibility index (Phi) is 10.2. The van der Waals surface area contributed by atoms with Crippen LogP contribution in [-0.4, -0.2) is 43.2 Å². The monoisotopic (exact) mass is 509 g/mol. The first kappa shape index (κ1) is 22.9. The highest BCUT2D eigenvalue weighted by Gasteiger charge is 2.09. The fourth-order valence-electron chi connectivity index (χ4n) is 2.07. The number of thiazole rings is 1. The molecule has 0 saturated carbocycles. The normalized spacial score (nSPS) is 12.3. The third kappa shape index (κ3) is 7.26. The van der Waals surface area contributed by atoms with E-state index in [1.54, 1.807) is 23.5 Å². The number of benzene rings is 1. The van der Waals surface area contributed by atoms with E-state index in [9.17, 15) is 5.11 Å². The maximum atomic E-state index is 10.3. The van der Waals surface area contributed by atoms with Crippen LogP contribution in [-0.2, 0) is 6.54 Å². The summed E-state index contributed by atoms with van der Waals surface area (Å²) in [6.45, 7) is 3.58. The third-order valence-electron chi connectivity index (χ3n) is 3.38. The Morgan fingerprint density at radius 2 is 2.00 bits per heavy atom. The van der Waals surface area contributed by atoms with Gasteiger partial charge in [-0.25, -0.2) is 9.98 Å². The molecule has 0 aliphatic heterocycles. The minimum absolute atomic E-state index is 0. The molecule has 2 rings (SSSR count). The van der Waals surface area contributed by atoms with Gasteiger partial charge in [-0.3, -0.25) is 0 Å². The van der Waals surface area contributed by atoms with Crippen LogP contribution in [0.2, 0.25) is 5.02 Å². The van der Waals surface area contributed by atoms with E-state index < -0.39 is 6.10 Å². The number of aromatic nitrogens is 1. The van der Waals surface area contributed by atoms with Crippen LogP contribution in [0.1, 0.15) is 24.3 Å². The van der Waals surface area contributed by atoms with Gasteiger partial charge in [-0.15, -0.1) is 35.3 Å². The highest BCUT2D eigenvalue weighted by atomic mass is 127. The van der Waals surface area contributed by atoms with E-state index in [-0.39, 0.29) is 24.0 Å². The Hall–Kier alpha value is -1.10. The Labute approximate surface area is 180 Å². The molecule has 2 aromatic rings. The molecule has 3 N–H and O–H groups in total. The minimum Gasteiger partial charge on any atom is -0.387 e. The topological polar surface area (TPSA) is 72.8 Å². The maximum Gasteiger partial charge on any atom is 0.191 e. The first-order valence-electron chi connectivity index (χ1n) is 8.07. The van der Waals surface area contributed by atoms with Crippen LogP contribution in [0.3, 0.4) is 0 Å². The zero-order valence-corrected chi connectivity index (χ0v) is 19.0. The van der Waals surface area contributed by atoms with E-state index in [1.165, 1.54) is 0 Å². The SMILES string of the molecule is CCNC(=NCc1csc(N(C)C)n1)NCC(O)c1ccc(Cl)cc1.I. The number of aliphatic hydroxyl groups is 1. The number of nitrogens with one attached hydrogen (secondary N) is 2. The zero-order chi connectivity index (χ0) is 18.2. The number of anilines is 1. The Balaban J connectivity index is 0.00000338. The molecule has 144 valence electrons. The van der Waals surface area contributed by atoms with Crippen LogP contribution in [0.25, 0.3) is 0 Å². The van der Waals surface area contributed by atoms with Gasteiger partial charge in [-0.1, -0.05) is 23.7 Å². The van der Waals surface area contributed by atoms with Gasteiger partial charge in [-0.05, 0) is 24.6 Å². The van der Waals surface area contributed by atoms with Crippen LogP contribution in [0.5, 0.6) is 0 Å². The lowest BCUT2D eigenvalue weighted by Crippen LogP contribution is -2.39. The van der Waals surface area contributed by atoms with Crippen molar-refractivity contribution < 1.29 is 5.11 Å². The summed E-state index contributed by atoms with van der Waals surface area (Å²) in [5.41, 5.74) is 1.73. The molecule has 1 aromatic heterocycles. The van der Waals surface area contributed by atoms with Crippen molar-refractivity contribution in [1.29, 1.82) is 0 Å². The van der Waals surface area contributed by atoms with Crippen molar-refractivity contribution in [3.05, 3.63) is 45.9 Å². The smallest absolute Gasteiger partial charge is 0.191 e. The highest BCUT2D eigenvalue weighted by Crippen LogP contribution is 2.18. The van der Waals surface area contributed by atoms with Gasteiger partial charge in [0.05, 0.1) is 18.3 Å². The van der Waals surface area contributed by atoms with E-state index in [0.717, 1.165) is 22.9 Å². The number of nitrogens with zero attached hydrogens (tertiary/aromatic N) is 3. The minimum atomic E-state index is -0.638. The van der Waals surface area contributed by atoms with Crippen molar-refractivity contribution in [2.75, 3.05) is 32.1 Å². The van der Waals surface area contributed by atoms with Crippen molar-refractivity contribution in [1.82, 2.24) is 15.6 Å². The van der Waals surface area contributed by atoms with E-state index in [1.807, 2.05) is 43.4 Å². The molecule has 1 aromatic carbocycles. The predicted octanol–water partition coefficient (Wildman–Crippen LogP) is 3.27. The second kappa shape index (κ2) is 11.6. The summed E-state index contributed by atoms with van der Waals surface area (Å²) in [6.07, 6.45) is -0.638. The molecule has 0 radical (unpaired) electrons. The molecule has 0 spiro atoms. The summed E-state index contributed by atoms with van der Waals surface area (Å²) in [5, 5.41) is 20.2. The first-order valence-corrected chi connectivity index (χ1v) is 9.32. The van der Waals surface area contributed by atoms with E-state index >= 15 is 0 Å². The number of guanidine groups is 1. The second-order valence-corrected chi connectivity index (χ2v) is 6.93. The lowest BCUT2D eigenvalue weighted by atomic mass is 10.1. The van der Waals surface area contributed by atoms with Gasteiger partial charge in [0, 0.05) is 37.6 Å². The standard InChI is InChI=1S/C17H24ClN5OS.HI/c1-4-19-16(20-9-14-11-25-17(22-14)23(2)3)21-10-15(24)12-5-7-13(18)8-6-12;/h5-8,11,15,24H,4,9-10H2,1-3H3,(H2,19,20,21);1H. The number of hydrogen-bond donors (Lipinski definition) is 3. The first-order chi connectivity index (χ1) is 12.0. The van der Waals surface area contributed by atoms with Gasteiger partial charge in [0.15, 0.2) is 11.1 Å². The molecule has 0 saturated heterocycles. The molecule has 0 fully saturated rings. The van der Waals surface area contributed by atoms with Gasteiger partial charge < -0.3 is 20.6 Å². The summed E-state index contributed by atoms with van der Waals surface area (Å²) in [5.74, 6) is 0.648. The van der Waals surface area contributed by atoms with Gasteiger partial charge in [0.25, 0.3) is 0 Å². The fraction of sp³-hybridized carbons (Fsp3) is 0.412. The summed E-state index contributed by atoms with van der Waals surface area (Å²) < 4.78 is 0. The Bertz CT molecular complexity index is 693.